The maximum absolute atomic E-state index is 10.9. The Morgan fingerprint density at radius 3 is 1.91 bits per heavy atom. The largest absolute Gasteiger partial charge is 0.493 e. The van der Waals surface area contributed by atoms with Crippen molar-refractivity contribution in [3.05, 3.63) is 71.3 Å². The van der Waals surface area contributed by atoms with Crippen LogP contribution in [0, 0.1) is 0 Å². The van der Waals surface area contributed by atoms with E-state index in [0.29, 0.717) is 34.4 Å². The van der Waals surface area contributed by atoms with E-state index < -0.39 is 0 Å². The minimum absolute atomic E-state index is 0.528. The van der Waals surface area contributed by atoms with Crippen LogP contribution >= 0.6 is 0 Å². The van der Waals surface area contributed by atoms with Crippen molar-refractivity contribution in [3.63, 3.8) is 0 Å². The molecule has 0 amide bonds. The Balaban J connectivity index is 2.10. The number of hydrogen-bond acceptors (Lipinski definition) is 7. The number of nitrogens with one attached hydrogen (secondary N) is 1. The van der Waals surface area contributed by atoms with Gasteiger partial charge >= 0.3 is 0 Å². The van der Waals surface area contributed by atoms with Gasteiger partial charge in [0.25, 0.3) is 0 Å². The van der Waals surface area contributed by atoms with Crippen molar-refractivity contribution >= 4 is 35.9 Å². The minimum atomic E-state index is 0.528. The van der Waals surface area contributed by atoms with Gasteiger partial charge in [-0.1, -0.05) is 30.4 Å². The number of carbonyl (C=O) groups is 1. The molecule has 182 valence electrons. The quantitative estimate of drug-likeness (QED) is 0.212. The van der Waals surface area contributed by atoms with E-state index in [9.17, 15) is 4.79 Å². The number of rotatable bonds is 11. The summed E-state index contributed by atoms with van der Waals surface area (Å²) in [4.78, 5) is 10.9. The molecule has 7 nitrogen and oxygen atoms in total. The number of carbonyl (C=O) groups excluding carboxylic acids is 1. The molecule has 0 aliphatic carbocycles. The number of benzene rings is 3. The first-order valence-electron chi connectivity index (χ1n) is 10.8. The molecule has 0 unspecified atom stereocenters. The Morgan fingerprint density at radius 2 is 1.31 bits per heavy atom. The molecular formula is C28H29NO6. The van der Waals surface area contributed by atoms with Gasteiger partial charge in [-0.25, -0.2) is 0 Å². The molecule has 0 heterocycles. The van der Waals surface area contributed by atoms with Crippen LogP contribution in [0.15, 0.2) is 54.6 Å². The number of para-hydroxylation sites is 1. The number of methoxy groups -OCH3 is 5. The average molecular weight is 476 g/mol. The predicted molar refractivity (Wildman–Crippen MR) is 139 cm³/mol. The van der Waals surface area contributed by atoms with Crippen LogP contribution in [0.25, 0.3) is 18.2 Å². The second kappa shape index (κ2) is 12.2. The van der Waals surface area contributed by atoms with Crippen molar-refractivity contribution in [2.24, 2.45) is 0 Å². The van der Waals surface area contributed by atoms with Gasteiger partial charge in [0.1, 0.15) is 6.29 Å². The van der Waals surface area contributed by atoms with E-state index >= 15 is 0 Å². The molecule has 0 spiro atoms. The monoisotopic (exact) mass is 475 g/mol. The van der Waals surface area contributed by atoms with Gasteiger partial charge in [-0.2, -0.15) is 0 Å². The van der Waals surface area contributed by atoms with Gasteiger partial charge in [-0.3, -0.25) is 4.79 Å². The zero-order chi connectivity index (χ0) is 25.2. The molecule has 0 radical (unpaired) electrons. The average Bonchev–Trinajstić information content (AvgIpc) is 2.90. The zero-order valence-corrected chi connectivity index (χ0v) is 20.5. The Bertz CT molecular complexity index is 1210. The summed E-state index contributed by atoms with van der Waals surface area (Å²) in [6.07, 6.45) is 7.83. The Hall–Kier alpha value is -4.39. The van der Waals surface area contributed by atoms with E-state index in [1.54, 1.807) is 41.6 Å². The molecule has 0 bridgehead atoms. The van der Waals surface area contributed by atoms with Crippen molar-refractivity contribution in [1.29, 1.82) is 0 Å². The van der Waals surface area contributed by atoms with Gasteiger partial charge in [0.05, 0.1) is 41.2 Å². The highest BCUT2D eigenvalue weighted by atomic mass is 16.5. The fourth-order valence-corrected chi connectivity index (χ4v) is 3.63. The van der Waals surface area contributed by atoms with E-state index in [2.05, 4.69) is 5.32 Å². The Kier molecular flexibility index (Phi) is 8.78. The van der Waals surface area contributed by atoms with E-state index in [1.807, 2.05) is 60.7 Å². The summed E-state index contributed by atoms with van der Waals surface area (Å²) in [6, 6.07) is 15.2. The fraction of sp³-hybridized carbons (Fsp3) is 0.179. The first kappa shape index (κ1) is 25.2. The SMILES string of the molecule is COc1cc(/C=C\c2ccc(OC)c(OC)c2Nc2ccccc2/C=C\C=O)cc(OC)c1OC. The molecule has 0 aliphatic heterocycles. The summed E-state index contributed by atoms with van der Waals surface area (Å²) in [5.41, 5.74) is 4.08. The van der Waals surface area contributed by atoms with Crippen molar-refractivity contribution in [2.45, 2.75) is 0 Å². The summed E-state index contributed by atoms with van der Waals surface area (Å²) >= 11 is 0. The molecule has 7 heteroatoms. The third kappa shape index (κ3) is 5.76. The van der Waals surface area contributed by atoms with Gasteiger partial charge in [-0.05, 0) is 53.6 Å². The van der Waals surface area contributed by atoms with Crippen LogP contribution in [0.1, 0.15) is 16.7 Å². The van der Waals surface area contributed by atoms with E-state index in [-0.39, 0.29) is 0 Å². The van der Waals surface area contributed by atoms with Gasteiger partial charge in [0.15, 0.2) is 23.0 Å². The van der Waals surface area contributed by atoms with E-state index in [0.717, 1.165) is 28.7 Å². The molecular weight excluding hydrogens is 446 g/mol. The highest BCUT2D eigenvalue weighted by Crippen LogP contribution is 2.42. The summed E-state index contributed by atoms with van der Waals surface area (Å²) < 4.78 is 27.6. The van der Waals surface area contributed by atoms with Gasteiger partial charge in [-0.15, -0.1) is 0 Å². The van der Waals surface area contributed by atoms with Crippen molar-refractivity contribution in [3.8, 4) is 28.7 Å². The molecule has 0 fully saturated rings. The fourth-order valence-electron chi connectivity index (χ4n) is 3.63. The lowest BCUT2D eigenvalue weighted by molar-refractivity contribution is -0.104. The summed E-state index contributed by atoms with van der Waals surface area (Å²) in [6.45, 7) is 0. The molecule has 0 aromatic heterocycles. The third-order valence-electron chi connectivity index (χ3n) is 5.30. The lowest BCUT2D eigenvalue weighted by Crippen LogP contribution is -2.01. The molecule has 0 saturated heterocycles. The zero-order valence-electron chi connectivity index (χ0n) is 20.5. The molecule has 0 saturated carbocycles. The first-order valence-corrected chi connectivity index (χ1v) is 10.8. The maximum Gasteiger partial charge on any atom is 0.203 e. The normalized spacial score (nSPS) is 10.9. The van der Waals surface area contributed by atoms with E-state index in [1.165, 1.54) is 6.08 Å². The number of ether oxygens (including phenoxy) is 5. The van der Waals surface area contributed by atoms with Crippen molar-refractivity contribution in [2.75, 3.05) is 40.9 Å². The van der Waals surface area contributed by atoms with Crippen LogP contribution in [0.3, 0.4) is 0 Å². The number of aldehydes is 1. The van der Waals surface area contributed by atoms with Crippen molar-refractivity contribution < 1.29 is 28.5 Å². The Labute approximate surface area is 205 Å². The van der Waals surface area contributed by atoms with E-state index in [4.69, 9.17) is 23.7 Å². The van der Waals surface area contributed by atoms with Crippen LogP contribution in [-0.4, -0.2) is 41.8 Å². The molecule has 3 aromatic rings. The smallest absolute Gasteiger partial charge is 0.203 e. The molecule has 1 N–H and O–H groups in total. The molecule has 3 rings (SSSR count). The van der Waals surface area contributed by atoms with Crippen LogP contribution in [-0.2, 0) is 4.79 Å². The number of allylic oxidation sites excluding steroid dienone is 1. The van der Waals surface area contributed by atoms with Crippen molar-refractivity contribution in [1.82, 2.24) is 0 Å². The number of anilines is 2. The summed E-state index contributed by atoms with van der Waals surface area (Å²) in [7, 11) is 7.91. The standard InChI is InChI=1S/C28H29NO6/c1-31-23-15-14-21(13-12-19-17-24(32-2)27(34-4)25(18-19)33-3)26(28(23)35-5)29-22-11-7-6-9-20(22)10-8-16-30/h6-18,29H,1-5H3/b10-8-,13-12-. The highest BCUT2D eigenvalue weighted by Gasteiger charge is 2.16. The third-order valence-corrected chi connectivity index (χ3v) is 5.30. The van der Waals surface area contributed by atoms with Gasteiger partial charge in [0.2, 0.25) is 5.75 Å². The van der Waals surface area contributed by atoms with Crippen LogP contribution < -0.4 is 29.0 Å². The highest BCUT2D eigenvalue weighted by molar-refractivity contribution is 5.87. The second-order valence-corrected chi connectivity index (χ2v) is 7.26. The first-order chi connectivity index (χ1) is 17.1. The van der Waals surface area contributed by atoms with Crippen LogP contribution in [0.5, 0.6) is 28.7 Å². The van der Waals surface area contributed by atoms with Crippen LogP contribution in [0.4, 0.5) is 11.4 Å². The lowest BCUT2D eigenvalue weighted by Gasteiger charge is -2.18. The Morgan fingerprint density at radius 1 is 0.657 bits per heavy atom. The second-order valence-electron chi connectivity index (χ2n) is 7.26. The molecule has 3 aromatic carbocycles. The summed E-state index contributed by atoms with van der Waals surface area (Å²) in [5.74, 6) is 2.79. The minimum Gasteiger partial charge on any atom is -0.493 e. The number of hydrogen-bond donors (Lipinski definition) is 1. The molecule has 35 heavy (non-hydrogen) atoms. The molecule has 0 aliphatic rings. The predicted octanol–water partition coefficient (Wildman–Crippen LogP) is 5.86. The topological polar surface area (TPSA) is 75.2 Å². The van der Waals surface area contributed by atoms with Gasteiger partial charge < -0.3 is 29.0 Å². The van der Waals surface area contributed by atoms with Gasteiger partial charge in [0, 0.05) is 11.3 Å². The van der Waals surface area contributed by atoms with Crippen LogP contribution in [0.2, 0.25) is 0 Å². The summed E-state index contributed by atoms with van der Waals surface area (Å²) in [5, 5.41) is 3.45. The lowest BCUT2D eigenvalue weighted by atomic mass is 10.1. The molecule has 0 atom stereocenters. The maximum atomic E-state index is 10.9.